The van der Waals surface area contributed by atoms with E-state index in [0.717, 1.165) is 23.3 Å². The molecule has 0 aliphatic rings. The van der Waals surface area contributed by atoms with Crippen LogP contribution in [0, 0.1) is 0 Å². The van der Waals surface area contributed by atoms with Gasteiger partial charge in [0, 0.05) is 12.0 Å². The van der Waals surface area contributed by atoms with E-state index >= 15 is 0 Å². The second kappa shape index (κ2) is 7.41. The minimum atomic E-state index is -0.359. The van der Waals surface area contributed by atoms with Crippen LogP contribution in [0.2, 0.25) is 0 Å². The van der Waals surface area contributed by atoms with Crippen molar-refractivity contribution in [3.63, 3.8) is 0 Å². The number of carbonyl (C=O) groups is 1. The quantitative estimate of drug-likeness (QED) is 0.429. The molecule has 0 saturated carbocycles. The van der Waals surface area contributed by atoms with Crippen molar-refractivity contribution in [2.24, 2.45) is 0 Å². The third-order valence-electron chi connectivity index (χ3n) is 2.68. The van der Waals surface area contributed by atoms with Gasteiger partial charge in [-0.05, 0) is 30.5 Å². The maximum atomic E-state index is 11.3. The van der Waals surface area contributed by atoms with Gasteiger partial charge in [0.25, 0.3) is 0 Å². The SMILES string of the molecule is C=CCc1ccc(CCOC(=O)C(=C)C)c(OC)c1. The first kappa shape index (κ1) is 15.0. The zero-order chi connectivity index (χ0) is 14.3. The van der Waals surface area contributed by atoms with Gasteiger partial charge in [0.2, 0.25) is 0 Å². The first-order valence-electron chi connectivity index (χ1n) is 6.17. The Hall–Kier alpha value is -2.03. The molecule has 0 atom stereocenters. The smallest absolute Gasteiger partial charge is 0.333 e. The van der Waals surface area contributed by atoms with Crippen LogP contribution >= 0.6 is 0 Å². The van der Waals surface area contributed by atoms with Gasteiger partial charge in [0.1, 0.15) is 5.75 Å². The second-order valence-electron chi connectivity index (χ2n) is 4.31. The molecule has 102 valence electrons. The fourth-order valence-corrected chi connectivity index (χ4v) is 1.67. The van der Waals surface area contributed by atoms with Crippen molar-refractivity contribution in [3.05, 3.63) is 54.1 Å². The van der Waals surface area contributed by atoms with E-state index < -0.39 is 0 Å². The van der Waals surface area contributed by atoms with E-state index in [1.54, 1.807) is 14.0 Å². The first-order chi connectivity index (χ1) is 9.08. The highest BCUT2D eigenvalue weighted by molar-refractivity contribution is 5.86. The molecule has 1 aromatic carbocycles. The molecular weight excluding hydrogens is 240 g/mol. The summed E-state index contributed by atoms with van der Waals surface area (Å²) >= 11 is 0. The summed E-state index contributed by atoms with van der Waals surface area (Å²) in [4.78, 5) is 11.3. The molecule has 0 heterocycles. The van der Waals surface area contributed by atoms with E-state index in [1.807, 2.05) is 24.3 Å². The first-order valence-corrected chi connectivity index (χ1v) is 6.17. The Morgan fingerprint density at radius 1 is 1.42 bits per heavy atom. The molecule has 0 amide bonds. The number of methoxy groups -OCH3 is 1. The summed E-state index contributed by atoms with van der Waals surface area (Å²) in [5, 5.41) is 0. The van der Waals surface area contributed by atoms with E-state index in [1.165, 1.54) is 0 Å². The second-order valence-corrected chi connectivity index (χ2v) is 4.31. The molecule has 0 N–H and O–H groups in total. The maximum Gasteiger partial charge on any atom is 0.333 e. The number of ether oxygens (including phenoxy) is 2. The summed E-state index contributed by atoms with van der Waals surface area (Å²) in [6, 6.07) is 6.00. The van der Waals surface area contributed by atoms with Crippen molar-refractivity contribution in [1.29, 1.82) is 0 Å². The van der Waals surface area contributed by atoms with E-state index in [9.17, 15) is 4.79 Å². The normalized spacial score (nSPS) is 9.79. The highest BCUT2D eigenvalue weighted by Gasteiger charge is 2.07. The van der Waals surface area contributed by atoms with Crippen LogP contribution in [0.4, 0.5) is 0 Å². The molecule has 0 aliphatic heterocycles. The lowest BCUT2D eigenvalue weighted by molar-refractivity contribution is -0.138. The van der Waals surface area contributed by atoms with Gasteiger partial charge >= 0.3 is 5.97 Å². The minimum absolute atomic E-state index is 0.322. The Kier molecular flexibility index (Phi) is 5.86. The number of allylic oxidation sites excluding steroid dienone is 1. The fraction of sp³-hybridized carbons (Fsp3) is 0.312. The number of esters is 1. The summed E-state index contributed by atoms with van der Waals surface area (Å²) in [6.07, 6.45) is 3.28. The van der Waals surface area contributed by atoms with Crippen LogP contribution in [0.25, 0.3) is 0 Å². The number of rotatable bonds is 7. The molecule has 0 saturated heterocycles. The van der Waals surface area contributed by atoms with Crippen molar-refractivity contribution in [3.8, 4) is 5.75 Å². The molecule has 0 bridgehead atoms. The van der Waals surface area contributed by atoms with Crippen molar-refractivity contribution in [1.82, 2.24) is 0 Å². The number of carbonyl (C=O) groups excluding carboxylic acids is 1. The molecule has 1 rings (SSSR count). The van der Waals surface area contributed by atoms with Gasteiger partial charge in [0.05, 0.1) is 13.7 Å². The fourth-order valence-electron chi connectivity index (χ4n) is 1.67. The Bertz CT molecular complexity index is 475. The van der Waals surface area contributed by atoms with Crippen molar-refractivity contribution in [2.45, 2.75) is 19.8 Å². The van der Waals surface area contributed by atoms with Crippen LogP contribution in [-0.4, -0.2) is 19.7 Å². The molecule has 3 heteroatoms. The molecule has 0 spiro atoms. The number of hydrogen-bond donors (Lipinski definition) is 0. The van der Waals surface area contributed by atoms with Crippen molar-refractivity contribution in [2.75, 3.05) is 13.7 Å². The van der Waals surface area contributed by atoms with E-state index in [4.69, 9.17) is 9.47 Å². The summed E-state index contributed by atoms with van der Waals surface area (Å²) < 4.78 is 10.4. The van der Waals surface area contributed by atoms with Crippen molar-refractivity contribution >= 4 is 5.97 Å². The lowest BCUT2D eigenvalue weighted by Crippen LogP contribution is -2.08. The largest absolute Gasteiger partial charge is 0.496 e. The molecule has 0 fully saturated rings. The van der Waals surface area contributed by atoms with E-state index in [2.05, 4.69) is 13.2 Å². The maximum absolute atomic E-state index is 11.3. The average Bonchev–Trinajstić information content (AvgIpc) is 2.40. The lowest BCUT2D eigenvalue weighted by Gasteiger charge is -2.10. The topological polar surface area (TPSA) is 35.5 Å². The van der Waals surface area contributed by atoms with Gasteiger partial charge in [-0.25, -0.2) is 4.79 Å². The predicted molar refractivity (Wildman–Crippen MR) is 76.4 cm³/mol. The van der Waals surface area contributed by atoms with E-state index in [-0.39, 0.29) is 5.97 Å². The zero-order valence-corrected chi connectivity index (χ0v) is 11.6. The van der Waals surface area contributed by atoms with Crippen LogP contribution < -0.4 is 4.74 Å². The third kappa shape index (κ3) is 4.62. The summed E-state index contributed by atoms with van der Waals surface area (Å²) in [6.45, 7) is 9.20. The van der Waals surface area contributed by atoms with Gasteiger partial charge in [-0.15, -0.1) is 6.58 Å². The highest BCUT2D eigenvalue weighted by atomic mass is 16.5. The van der Waals surface area contributed by atoms with E-state index in [0.29, 0.717) is 18.6 Å². The van der Waals surface area contributed by atoms with Gasteiger partial charge < -0.3 is 9.47 Å². The molecule has 0 radical (unpaired) electrons. The molecular formula is C16H20O3. The Labute approximate surface area is 114 Å². The monoisotopic (exact) mass is 260 g/mol. The van der Waals surface area contributed by atoms with Crippen LogP contribution in [0.1, 0.15) is 18.1 Å². The van der Waals surface area contributed by atoms with Crippen LogP contribution in [0.3, 0.4) is 0 Å². The van der Waals surface area contributed by atoms with Gasteiger partial charge in [-0.2, -0.15) is 0 Å². The molecule has 3 nitrogen and oxygen atoms in total. The summed E-state index contributed by atoms with van der Waals surface area (Å²) in [7, 11) is 1.64. The van der Waals surface area contributed by atoms with Gasteiger partial charge in [-0.3, -0.25) is 0 Å². The van der Waals surface area contributed by atoms with Crippen molar-refractivity contribution < 1.29 is 14.3 Å². The Balaban J connectivity index is 2.65. The molecule has 0 unspecified atom stereocenters. The average molecular weight is 260 g/mol. The summed E-state index contributed by atoms with van der Waals surface area (Å²) in [5.41, 5.74) is 2.58. The van der Waals surface area contributed by atoms with Crippen LogP contribution in [0.15, 0.2) is 43.0 Å². The zero-order valence-electron chi connectivity index (χ0n) is 11.6. The Morgan fingerprint density at radius 2 is 2.16 bits per heavy atom. The van der Waals surface area contributed by atoms with Crippen LogP contribution in [-0.2, 0) is 22.4 Å². The minimum Gasteiger partial charge on any atom is -0.496 e. The third-order valence-corrected chi connectivity index (χ3v) is 2.68. The number of benzene rings is 1. The molecule has 1 aromatic rings. The van der Waals surface area contributed by atoms with Crippen LogP contribution in [0.5, 0.6) is 5.75 Å². The predicted octanol–water partition coefficient (Wildman–Crippen LogP) is 3.09. The molecule has 0 aromatic heterocycles. The van der Waals surface area contributed by atoms with Gasteiger partial charge in [0.15, 0.2) is 0 Å². The molecule has 0 aliphatic carbocycles. The molecule has 19 heavy (non-hydrogen) atoms. The van der Waals surface area contributed by atoms with Gasteiger partial charge in [-0.1, -0.05) is 24.8 Å². The summed E-state index contributed by atoms with van der Waals surface area (Å²) in [5.74, 6) is 0.452. The lowest BCUT2D eigenvalue weighted by atomic mass is 10.1. The highest BCUT2D eigenvalue weighted by Crippen LogP contribution is 2.21. The number of hydrogen-bond acceptors (Lipinski definition) is 3. The Morgan fingerprint density at radius 3 is 2.74 bits per heavy atom. The standard InChI is InChI=1S/C16H20O3/c1-5-6-13-7-8-14(15(11-13)18-4)9-10-19-16(17)12(2)3/h5,7-8,11H,1-2,6,9-10H2,3-4H3.